The third kappa shape index (κ3) is 3.62. The Balaban J connectivity index is 1.92. The van der Waals surface area contributed by atoms with Crippen molar-refractivity contribution in [3.63, 3.8) is 0 Å². The molecule has 1 aromatic carbocycles. The Morgan fingerprint density at radius 3 is 2.83 bits per heavy atom. The van der Waals surface area contributed by atoms with Crippen LogP contribution in [-0.4, -0.2) is 16.0 Å². The summed E-state index contributed by atoms with van der Waals surface area (Å²) in [6.45, 7) is 4.16. The number of rotatable bonds is 6. The molecule has 0 spiro atoms. The highest BCUT2D eigenvalue weighted by molar-refractivity contribution is 5.65. The Hall–Kier alpha value is -2.68. The van der Waals surface area contributed by atoms with Gasteiger partial charge in [-0.25, -0.2) is 9.37 Å². The fourth-order valence-electron chi connectivity index (χ4n) is 2.39. The van der Waals surface area contributed by atoms with Crippen molar-refractivity contribution in [2.24, 2.45) is 0 Å². The van der Waals surface area contributed by atoms with Crippen molar-refractivity contribution in [1.82, 2.24) is 9.97 Å². The molecule has 1 aliphatic carbocycles. The van der Waals surface area contributed by atoms with Gasteiger partial charge in [0.1, 0.15) is 23.3 Å². The summed E-state index contributed by atoms with van der Waals surface area (Å²) >= 11 is 0. The summed E-state index contributed by atoms with van der Waals surface area (Å²) in [6.07, 6.45) is 3.22. The molecule has 2 N–H and O–H groups in total. The van der Waals surface area contributed by atoms with Crippen molar-refractivity contribution in [2.75, 3.05) is 10.6 Å². The summed E-state index contributed by atoms with van der Waals surface area (Å²) < 4.78 is 13.8. The van der Waals surface area contributed by atoms with Crippen LogP contribution in [0.2, 0.25) is 0 Å². The second-order valence-corrected chi connectivity index (χ2v) is 6.13. The van der Waals surface area contributed by atoms with Crippen molar-refractivity contribution in [3.05, 3.63) is 41.3 Å². The number of benzene rings is 1. The molecule has 0 amide bonds. The summed E-state index contributed by atoms with van der Waals surface area (Å²) in [5, 5.41) is 15.5. The lowest BCUT2D eigenvalue weighted by molar-refractivity contribution is 0.624. The smallest absolute Gasteiger partial charge is 0.225 e. The van der Waals surface area contributed by atoms with Gasteiger partial charge in [-0.05, 0) is 38.3 Å². The van der Waals surface area contributed by atoms with Crippen LogP contribution in [0.15, 0.2) is 24.3 Å². The van der Waals surface area contributed by atoms with Gasteiger partial charge in [0.2, 0.25) is 5.95 Å². The van der Waals surface area contributed by atoms with Crippen LogP contribution in [0.1, 0.15) is 50.3 Å². The van der Waals surface area contributed by atoms with Gasteiger partial charge in [0, 0.05) is 18.0 Å². The number of halogens is 1. The second kappa shape index (κ2) is 6.83. The van der Waals surface area contributed by atoms with Crippen LogP contribution < -0.4 is 10.6 Å². The zero-order chi connectivity index (χ0) is 17.1. The first-order valence-electron chi connectivity index (χ1n) is 8.21. The first kappa shape index (κ1) is 16.2. The maximum Gasteiger partial charge on any atom is 0.225 e. The zero-order valence-electron chi connectivity index (χ0n) is 13.8. The molecule has 0 radical (unpaired) electrons. The monoisotopic (exact) mass is 325 g/mol. The maximum absolute atomic E-state index is 13.8. The summed E-state index contributed by atoms with van der Waals surface area (Å²) in [6, 6.07) is 8.55. The van der Waals surface area contributed by atoms with Gasteiger partial charge >= 0.3 is 0 Å². The molecule has 0 saturated heterocycles. The fraction of sp³-hybridized carbons (Fsp3) is 0.389. The topological polar surface area (TPSA) is 73.6 Å². The number of hydrogen-bond acceptors (Lipinski definition) is 5. The summed E-state index contributed by atoms with van der Waals surface area (Å²) in [7, 11) is 0. The number of nitrogens with zero attached hydrogens (tertiary/aromatic N) is 3. The lowest BCUT2D eigenvalue weighted by Gasteiger charge is -2.15. The van der Waals surface area contributed by atoms with Gasteiger partial charge in [0.05, 0.1) is 11.4 Å². The molecular formula is C18H20FN5. The predicted molar refractivity (Wildman–Crippen MR) is 91.8 cm³/mol. The van der Waals surface area contributed by atoms with E-state index in [1.807, 2.05) is 12.1 Å². The van der Waals surface area contributed by atoms with Gasteiger partial charge < -0.3 is 10.6 Å². The third-order valence-corrected chi connectivity index (χ3v) is 4.12. The fourth-order valence-corrected chi connectivity index (χ4v) is 2.39. The minimum atomic E-state index is -0.545. The number of hydrogen-bond donors (Lipinski definition) is 2. The van der Waals surface area contributed by atoms with Gasteiger partial charge in [-0.3, -0.25) is 0 Å². The van der Waals surface area contributed by atoms with E-state index in [0.717, 1.165) is 25.0 Å². The Kier molecular flexibility index (Phi) is 4.61. The lowest BCUT2D eigenvalue weighted by atomic mass is 10.2. The van der Waals surface area contributed by atoms with Crippen molar-refractivity contribution in [3.8, 4) is 6.07 Å². The van der Waals surface area contributed by atoms with Gasteiger partial charge in [-0.2, -0.15) is 10.2 Å². The van der Waals surface area contributed by atoms with Crippen LogP contribution in [-0.2, 0) is 0 Å². The van der Waals surface area contributed by atoms with E-state index in [0.29, 0.717) is 23.4 Å². The van der Waals surface area contributed by atoms with E-state index in [9.17, 15) is 4.39 Å². The Bertz CT molecular complexity index is 779. The Labute approximate surface area is 140 Å². The average molecular weight is 325 g/mol. The van der Waals surface area contributed by atoms with Crippen LogP contribution in [0.5, 0.6) is 0 Å². The Morgan fingerprint density at radius 1 is 1.38 bits per heavy atom. The van der Waals surface area contributed by atoms with Crippen molar-refractivity contribution in [2.45, 2.75) is 45.1 Å². The van der Waals surface area contributed by atoms with Crippen LogP contribution >= 0.6 is 0 Å². The summed E-state index contributed by atoms with van der Waals surface area (Å²) in [4.78, 5) is 9.05. The SMILES string of the molecule is CC[C@H](C)Nc1nc(Nc2cccc(F)c2C#N)cc(C2CC2)n1. The van der Waals surface area contributed by atoms with Crippen molar-refractivity contribution in [1.29, 1.82) is 5.26 Å². The highest BCUT2D eigenvalue weighted by Crippen LogP contribution is 2.40. The van der Waals surface area contributed by atoms with E-state index in [1.54, 1.807) is 12.1 Å². The van der Waals surface area contributed by atoms with Crippen LogP contribution in [0.4, 0.5) is 21.8 Å². The summed E-state index contributed by atoms with van der Waals surface area (Å²) in [5.41, 5.74) is 1.38. The van der Waals surface area contributed by atoms with E-state index in [-0.39, 0.29) is 11.6 Å². The first-order chi connectivity index (χ1) is 11.6. The Morgan fingerprint density at radius 2 is 2.17 bits per heavy atom. The molecule has 3 rings (SSSR count). The van der Waals surface area contributed by atoms with Crippen LogP contribution in [0, 0.1) is 17.1 Å². The zero-order valence-corrected chi connectivity index (χ0v) is 13.8. The maximum atomic E-state index is 13.8. The molecule has 5 nitrogen and oxygen atoms in total. The molecule has 1 fully saturated rings. The van der Waals surface area contributed by atoms with Gasteiger partial charge in [0.25, 0.3) is 0 Å². The standard InChI is InChI=1S/C18H20FN5/c1-3-11(2)21-18-23-16(12-7-8-12)9-17(24-18)22-15-6-4-5-14(19)13(15)10-20/h4-6,9,11-12H,3,7-8H2,1-2H3,(H2,21,22,23,24)/t11-/m0/s1. The molecule has 1 atom stereocenters. The molecule has 6 heteroatoms. The molecular weight excluding hydrogens is 305 g/mol. The second-order valence-electron chi connectivity index (χ2n) is 6.13. The van der Waals surface area contributed by atoms with Crippen LogP contribution in [0.3, 0.4) is 0 Å². The number of nitrogens with one attached hydrogen (secondary N) is 2. The summed E-state index contributed by atoms with van der Waals surface area (Å²) in [5.74, 6) is 1.05. The largest absolute Gasteiger partial charge is 0.352 e. The lowest BCUT2D eigenvalue weighted by Crippen LogP contribution is -2.16. The molecule has 0 bridgehead atoms. The average Bonchev–Trinajstić information content (AvgIpc) is 3.39. The van der Waals surface area contributed by atoms with E-state index in [4.69, 9.17) is 5.26 Å². The molecule has 124 valence electrons. The minimum Gasteiger partial charge on any atom is -0.352 e. The van der Waals surface area contributed by atoms with E-state index in [1.165, 1.54) is 6.07 Å². The molecule has 2 aromatic rings. The van der Waals surface area contributed by atoms with E-state index < -0.39 is 5.82 Å². The highest BCUT2D eigenvalue weighted by atomic mass is 19.1. The first-order valence-corrected chi connectivity index (χ1v) is 8.21. The molecule has 0 unspecified atom stereocenters. The molecule has 0 aliphatic heterocycles. The van der Waals surface area contributed by atoms with Crippen molar-refractivity contribution < 1.29 is 4.39 Å². The number of aromatic nitrogens is 2. The van der Waals surface area contributed by atoms with Gasteiger partial charge in [0.15, 0.2) is 0 Å². The van der Waals surface area contributed by atoms with Gasteiger partial charge in [-0.1, -0.05) is 13.0 Å². The van der Waals surface area contributed by atoms with E-state index >= 15 is 0 Å². The van der Waals surface area contributed by atoms with E-state index in [2.05, 4.69) is 34.4 Å². The molecule has 1 saturated carbocycles. The third-order valence-electron chi connectivity index (χ3n) is 4.12. The molecule has 1 aromatic heterocycles. The van der Waals surface area contributed by atoms with Gasteiger partial charge in [-0.15, -0.1) is 0 Å². The predicted octanol–water partition coefficient (Wildman–Crippen LogP) is 4.32. The number of anilines is 3. The van der Waals surface area contributed by atoms with Crippen LogP contribution in [0.25, 0.3) is 0 Å². The quantitative estimate of drug-likeness (QED) is 0.827. The molecule has 24 heavy (non-hydrogen) atoms. The normalized spacial score (nSPS) is 14.8. The molecule has 1 aliphatic rings. The van der Waals surface area contributed by atoms with Crippen molar-refractivity contribution >= 4 is 17.5 Å². The minimum absolute atomic E-state index is 0.0134. The number of nitriles is 1. The molecule has 1 heterocycles. The highest BCUT2D eigenvalue weighted by Gasteiger charge is 2.26.